The highest BCUT2D eigenvalue weighted by Gasteiger charge is 2.44. The Labute approximate surface area is 95.3 Å². The SMILES string of the molecule is C=C(C)C1OC(OC(C)C)C(O)C(O)C1O. The number of hydrogen-bond acceptors (Lipinski definition) is 5. The Kier molecular flexibility index (Phi) is 4.46. The minimum Gasteiger partial charge on any atom is -0.387 e. The van der Waals surface area contributed by atoms with Gasteiger partial charge < -0.3 is 24.8 Å². The minimum atomic E-state index is -1.29. The van der Waals surface area contributed by atoms with Crippen LogP contribution in [0.15, 0.2) is 12.2 Å². The molecular weight excluding hydrogens is 212 g/mol. The van der Waals surface area contributed by atoms with Crippen LogP contribution >= 0.6 is 0 Å². The molecule has 5 heteroatoms. The maximum absolute atomic E-state index is 9.68. The summed E-state index contributed by atoms with van der Waals surface area (Å²) in [7, 11) is 0. The van der Waals surface area contributed by atoms with E-state index >= 15 is 0 Å². The van der Waals surface area contributed by atoms with Crippen molar-refractivity contribution in [1.29, 1.82) is 0 Å². The van der Waals surface area contributed by atoms with Gasteiger partial charge in [0.15, 0.2) is 6.29 Å². The van der Waals surface area contributed by atoms with E-state index in [0.29, 0.717) is 5.57 Å². The molecule has 5 unspecified atom stereocenters. The third-order valence-corrected chi connectivity index (χ3v) is 2.46. The van der Waals surface area contributed by atoms with Crippen LogP contribution in [0.1, 0.15) is 20.8 Å². The van der Waals surface area contributed by atoms with Gasteiger partial charge in [0.25, 0.3) is 0 Å². The molecule has 94 valence electrons. The zero-order chi connectivity index (χ0) is 12.5. The molecule has 0 aromatic carbocycles. The molecular formula is C11H20O5. The van der Waals surface area contributed by atoms with Gasteiger partial charge in [-0.3, -0.25) is 0 Å². The zero-order valence-corrected chi connectivity index (χ0v) is 9.83. The Morgan fingerprint density at radius 3 is 2.19 bits per heavy atom. The molecule has 0 radical (unpaired) electrons. The lowest BCUT2D eigenvalue weighted by molar-refractivity contribution is -0.297. The lowest BCUT2D eigenvalue weighted by Crippen LogP contribution is -2.58. The molecule has 5 nitrogen and oxygen atoms in total. The largest absolute Gasteiger partial charge is 0.387 e. The van der Waals surface area contributed by atoms with Crippen molar-refractivity contribution in [2.45, 2.75) is 57.6 Å². The summed E-state index contributed by atoms with van der Waals surface area (Å²) in [6, 6.07) is 0. The van der Waals surface area contributed by atoms with E-state index in [9.17, 15) is 15.3 Å². The molecule has 0 aromatic rings. The molecule has 1 fully saturated rings. The Balaban J connectivity index is 2.77. The van der Waals surface area contributed by atoms with Gasteiger partial charge in [-0.25, -0.2) is 0 Å². The summed E-state index contributed by atoms with van der Waals surface area (Å²) in [5.41, 5.74) is 0.579. The normalized spacial score (nSPS) is 40.1. The second-order valence-corrected chi connectivity index (χ2v) is 4.43. The first-order chi connectivity index (χ1) is 7.34. The summed E-state index contributed by atoms with van der Waals surface area (Å²) < 4.78 is 10.7. The molecule has 1 heterocycles. The van der Waals surface area contributed by atoms with E-state index in [1.165, 1.54) is 0 Å². The standard InChI is InChI=1S/C11H20O5/c1-5(2)10-8(13)7(12)9(14)11(16-10)15-6(3)4/h6-14H,1H2,2-4H3. The number of aliphatic hydroxyl groups is 3. The molecule has 3 N–H and O–H groups in total. The molecule has 16 heavy (non-hydrogen) atoms. The van der Waals surface area contributed by atoms with Crippen LogP contribution in [-0.2, 0) is 9.47 Å². The van der Waals surface area contributed by atoms with Gasteiger partial charge in [0.1, 0.15) is 24.4 Å². The molecule has 0 amide bonds. The molecule has 0 spiro atoms. The first-order valence-corrected chi connectivity index (χ1v) is 5.35. The van der Waals surface area contributed by atoms with Gasteiger partial charge in [0, 0.05) is 0 Å². The Morgan fingerprint density at radius 2 is 1.75 bits per heavy atom. The first-order valence-electron chi connectivity index (χ1n) is 5.35. The second-order valence-electron chi connectivity index (χ2n) is 4.43. The van der Waals surface area contributed by atoms with Crippen molar-refractivity contribution in [3.05, 3.63) is 12.2 Å². The van der Waals surface area contributed by atoms with Crippen LogP contribution in [0, 0.1) is 0 Å². The van der Waals surface area contributed by atoms with E-state index in [1.54, 1.807) is 20.8 Å². The first kappa shape index (κ1) is 13.6. The highest BCUT2D eigenvalue weighted by molar-refractivity contribution is 5.06. The number of hydrogen-bond donors (Lipinski definition) is 3. The van der Waals surface area contributed by atoms with Crippen molar-refractivity contribution in [3.63, 3.8) is 0 Å². The molecule has 0 aromatic heterocycles. The maximum atomic E-state index is 9.68. The third kappa shape index (κ3) is 2.81. The van der Waals surface area contributed by atoms with Crippen molar-refractivity contribution >= 4 is 0 Å². The summed E-state index contributed by atoms with van der Waals surface area (Å²) in [4.78, 5) is 0. The van der Waals surface area contributed by atoms with Crippen LogP contribution in [-0.4, -0.2) is 52.1 Å². The molecule has 0 bridgehead atoms. The van der Waals surface area contributed by atoms with Crippen LogP contribution in [0.4, 0.5) is 0 Å². The predicted molar refractivity (Wildman–Crippen MR) is 57.7 cm³/mol. The van der Waals surface area contributed by atoms with E-state index in [-0.39, 0.29) is 6.10 Å². The molecule has 0 aliphatic carbocycles. The van der Waals surface area contributed by atoms with Crippen molar-refractivity contribution < 1.29 is 24.8 Å². The fourth-order valence-electron chi connectivity index (χ4n) is 1.64. The summed E-state index contributed by atoms with van der Waals surface area (Å²) in [6.45, 7) is 8.94. The quantitative estimate of drug-likeness (QED) is 0.587. The molecule has 1 aliphatic heterocycles. The van der Waals surface area contributed by atoms with Gasteiger partial charge in [-0.2, -0.15) is 0 Å². The van der Waals surface area contributed by atoms with Crippen molar-refractivity contribution in [1.82, 2.24) is 0 Å². The van der Waals surface area contributed by atoms with Crippen molar-refractivity contribution in [3.8, 4) is 0 Å². The summed E-state index contributed by atoms with van der Waals surface area (Å²) in [5.74, 6) is 0. The van der Waals surface area contributed by atoms with Crippen LogP contribution in [0.2, 0.25) is 0 Å². The van der Waals surface area contributed by atoms with Crippen LogP contribution < -0.4 is 0 Å². The average molecular weight is 232 g/mol. The number of ether oxygens (including phenoxy) is 2. The van der Waals surface area contributed by atoms with Gasteiger partial charge in [0.05, 0.1) is 6.10 Å². The van der Waals surface area contributed by atoms with E-state index in [0.717, 1.165) is 0 Å². The van der Waals surface area contributed by atoms with E-state index in [4.69, 9.17) is 9.47 Å². The van der Waals surface area contributed by atoms with Crippen LogP contribution in [0.25, 0.3) is 0 Å². The third-order valence-electron chi connectivity index (χ3n) is 2.46. The van der Waals surface area contributed by atoms with Crippen molar-refractivity contribution in [2.24, 2.45) is 0 Å². The highest BCUT2D eigenvalue weighted by atomic mass is 16.7. The maximum Gasteiger partial charge on any atom is 0.187 e. The monoisotopic (exact) mass is 232 g/mol. The molecule has 1 rings (SSSR count). The molecule has 1 saturated heterocycles. The van der Waals surface area contributed by atoms with E-state index < -0.39 is 30.7 Å². The molecule has 0 saturated carbocycles. The lowest BCUT2D eigenvalue weighted by atomic mass is 9.95. The lowest BCUT2D eigenvalue weighted by Gasteiger charge is -2.41. The summed E-state index contributed by atoms with van der Waals surface area (Å²) >= 11 is 0. The van der Waals surface area contributed by atoms with E-state index in [1.807, 2.05) is 0 Å². The molecule has 5 atom stereocenters. The second kappa shape index (κ2) is 5.25. The predicted octanol–water partition coefficient (Wildman–Crippen LogP) is -0.205. The Morgan fingerprint density at radius 1 is 1.19 bits per heavy atom. The fraction of sp³-hybridized carbons (Fsp3) is 0.818. The Hall–Kier alpha value is -0.460. The van der Waals surface area contributed by atoms with E-state index in [2.05, 4.69) is 6.58 Å². The van der Waals surface area contributed by atoms with Crippen molar-refractivity contribution in [2.75, 3.05) is 0 Å². The van der Waals surface area contributed by atoms with Gasteiger partial charge in [-0.1, -0.05) is 6.58 Å². The summed E-state index contributed by atoms with van der Waals surface area (Å²) in [6.07, 6.45) is -5.54. The number of aliphatic hydroxyl groups excluding tert-OH is 3. The minimum absolute atomic E-state index is 0.145. The zero-order valence-electron chi connectivity index (χ0n) is 9.83. The fourth-order valence-corrected chi connectivity index (χ4v) is 1.64. The smallest absolute Gasteiger partial charge is 0.187 e. The summed E-state index contributed by atoms with van der Waals surface area (Å²) in [5, 5.41) is 29.0. The van der Waals surface area contributed by atoms with Crippen LogP contribution in [0.3, 0.4) is 0 Å². The topological polar surface area (TPSA) is 79.2 Å². The van der Waals surface area contributed by atoms with Gasteiger partial charge in [-0.05, 0) is 26.3 Å². The van der Waals surface area contributed by atoms with Gasteiger partial charge in [-0.15, -0.1) is 0 Å². The molecule has 1 aliphatic rings. The highest BCUT2D eigenvalue weighted by Crippen LogP contribution is 2.26. The number of rotatable bonds is 3. The Bertz CT molecular complexity index is 253. The average Bonchev–Trinajstić information content (AvgIpc) is 2.18. The van der Waals surface area contributed by atoms with Gasteiger partial charge in [0.2, 0.25) is 0 Å². The van der Waals surface area contributed by atoms with Crippen LogP contribution in [0.5, 0.6) is 0 Å². The van der Waals surface area contributed by atoms with Gasteiger partial charge >= 0.3 is 0 Å².